The second-order valence-corrected chi connectivity index (χ2v) is 6.47. The van der Waals surface area contributed by atoms with E-state index in [1.165, 1.54) is 12.1 Å². The molecule has 22 heavy (non-hydrogen) atoms. The highest BCUT2D eigenvalue weighted by atomic mass is 19.1. The molecular weight excluding hydrogens is 286 g/mol. The molecule has 2 N–H and O–H groups in total. The summed E-state index contributed by atoms with van der Waals surface area (Å²) in [4.78, 5) is 12.5. The summed E-state index contributed by atoms with van der Waals surface area (Å²) >= 11 is 0. The summed E-state index contributed by atoms with van der Waals surface area (Å²) in [6.45, 7) is 6.70. The Balaban J connectivity index is 2.13. The third kappa shape index (κ3) is 4.03. The summed E-state index contributed by atoms with van der Waals surface area (Å²) in [6, 6.07) is 3.37. The molecule has 1 amide bonds. The van der Waals surface area contributed by atoms with Gasteiger partial charge in [-0.25, -0.2) is 8.78 Å². The van der Waals surface area contributed by atoms with Gasteiger partial charge in [-0.05, 0) is 38.3 Å². The van der Waals surface area contributed by atoms with Crippen molar-refractivity contribution in [3.63, 3.8) is 0 Å². The molecule has 0 aliphatic carbocycles. The SMILES string of the molecule is CC(C)C(NC(=O)[C@H]1CCN[C@@H](C)C1)c1ccc(F)cc1F. The van der Waals surface area contributed by atoms with Gasteiger partial charge in [-0.1, -0.05) is 19.9 Å². The first-order chi connectivity index (χ1) is 10.4. The van der Waals surface area contributed by atoms with Crippen LogP contribution in [0.15, 0.2) is 18.2 Å². The van der Waals surface area contributed by atoms with Gasteiger partial charge in [0.2, 0.25) is 5.91 Å². The minimum atomic E-state index is -0.613. The first-order valence-corrected chi connectivity index (χ1v) is 7.87. The van der Waals surface area contributed by atoms with E-state index < -0.39 is 17.7 Å². The maximum absolute atomic E-state index is 14.0. The highest BCUT2D eigenvalue weighted by molar-refractivity contribution is 5.79. The van der Waals surface area contributed by atoms with Crippen LogP contribution in [0.5, 0.6) is 0 Å². The molecule has 1 aromatic carbocycles. The molecule has 1 saturated heterocycles. The van der Waals surface area contributed by atoms with Crippen LogP contribution in [-0.4, -0.2) is 18.5 Å². The van der Waals surface area contributed by atoms with E-state index in [0.717, 1.165) is 25.5 Å². The number of rotatable bonds is 4. The Labute approximate surface area is 130 Å². The van der Waals surface area contributed by atoms with Gasteiger partial charge in [0.1, 0.15) is 11.6 Å². The fourth-order valence-electron chi connectivity index (χ4n) is 3.00. The van der Waals surface area contributed by atoms with Crippen molar-refractivity contribution in [2.45, 2.75) is 45.7 Å². The Morgan fingerprint density at radius 1 is 1.36 bits per heavy atom. The van der Waals surface area contributed by atoms with Crippen molar-refractivity contribution in [2.24, 2.45) is 11.8 Å². The van der Waals surface area contributed by atoms with Crippen molar-refractivity contribution in [3.8, 4) is 0 Å². The van der Waals surface area contributed by atoms with E-state index in [2.05, 4.69) is 17.6 Å². The normalized spacial score (nSPS) is 23.4. The van der Waals surface area contributed by atoms with Crippen molar-refractivity contribution < 1.29 is 13.6 Å². The Morgan fingerprint density at radius 3 is 2.68 bits per heavy atom. The van der Waals surface area contributed by atoms with Gasteiger partial charge in [0.05, 0.1) is 6.04 Å². The molecular formula is C17H24F2N2O. The fraction of sp³-hybridized carbons (Fsp3) is 0.588. The number of carbonyl (C=O) groups is 1. The van der Waals surface area contributed by atoms with Crippen LogP contribution in [0, 0.1) is 23.5 Å². The topological polar surface area (TPSA) is 41.1 Å². The molecule has 3 atom stereocenters. The second-order valence-electron chi connectivity index (χ2n) is 6.47. The monoisotopic (exact) mass is 310 g/mol. The van der Waals surface area contributed by atoms with Crippen LogP contribution in [0.2, 0.25) is 0 Å². The van der Waals surface area contributed by atoms with E-state index in [9.17, 15) is 13.6 Å². The maximum atomic E-state index is 14.0. The lowest BCUT2D eigenvalue weighted by molar-refractivity contribution is -0.127. The molecule has 1 aliphatic rings. The molecule has 122 valence electrons. The first kappa shape index (κ1) is 16.9. The summed E-state index contributed by atoms with van der Waals surface area (Å²) in [5, 5.41) is 6.26. The summed E-state index contributed by atoms with van der Waals surface area (Å²) in [5.74, 6) is -1.31. The summed E-state index contributed by atoms with van der Waals surface area (Å²) < 4.78 is 27.1. The van der Waals surface area contributed by atoms with Gasteiger partial charge in [0.15, 0.2) is 0 Å². The zero-order chi connectivity index (χ0) is 16.3. The van der Waals surface area contributed by atoms with E-state index in [4.69, 9.17) is 0 Å². The Kier molecular flexibility index (Phi) is 5.51. The molecule has 2 rings (SSSR count). The maximum Gasteiger partial charge on any atom is 0.223 e. The molecule has 1 aromatic rings. The minimum absolute atomic E-state index is 0.0167. The number of benzene rings is 1. The van der Waals surface area contributed by atoms with Crippen LogP contribution in [0.4, 0.5) is 8.78 Å². The lowest BCUT2D eigenvalue weighted by Crippen LogP contribution is -2.44. The fourth-order valence-corrected chi connectivity index (χ4v) is 3.00. The predicted octanol–water partition coefficient (Wildman–Crippen LogP) is 3.17. The van der Waals surface area contributed by atoms with Gasteiger partial charge >= 0.3 is 0 Å². The zero-order valence-electron chi connectivity index (χ0n) is 13.3. The van der Waals surface area contributed by atoms with Crippen LogP contribution in [0.3, 0.4) is 0 Å². The van der Waals surface area contributed by atoms with Crippen molar-refractivity contribution in [2.75, 3.05) is 6.54 Å². The molecule has 0 saturated carbocycles. The van der Waals surface area contributed by atoms with Crippen molar-refractivity contribution in [1.29, 1.82) is 0 Å². The average Bonchev–Trinajstić information content (AvgIpc) is 2.45. The predicted molar refractivity (Wildman–Crippen MR) is 82.3 cm³/mol. The molecule has 1 unspecified atom stereocenters. The van der Waals surface area contributed by atoms with Gasteiger partial charge in [-0.2, -0.15) is 0 Å². The van der Waals surface area contributed by atoms with Crippen molar-refractivity contribution >= 4 is 5.91 Å². The standard InChI is InChI=1S/C17H24F2N2O/c1-10(2)16(14-5-4-13(18)9-15(14)19)21-17(22)12-6-7-20-11(3)8-12/h4-5,9-12,16,20H,6-8H2,1-3H3,(H,21,22)/t11-,12-,16?/m0/s1. The van der Waals surface area contributed by atoms with Crippen LogP contribution < -0.4 is 10.6 Å². The molecule has 0 spiro atoms. The number of piperidine rings is 1. The van der Waals surface area contributed by atoms with Crippen LogP contribution in [-0.2, 0) is 4.79 Å². The number of halogens is 2. The summed E-state index contributed by atoms with van der Waals surface area (Å²) in [7, 11) is 0. The smallest absolute Gasteiger partial charge is 0.223 e. The second kappa shape index (κ2) is 7.18. The highest BCUT2D eigenvalue weighted by Gasteiger charge is 2.28. The van der Waals surface area contributed by atoms with Crippen LogP contribution >= 0.6 is 0 Å². The lowest BCUT2D eigenvalue weighted by Gasteiger charge is -2.30. The molecule has 0 bridgehead atoms. The number of carbonyl (C=O) groups excluding carboxylic acids is 1. The van der Waals surface area contributed by atoms with Gasteiger partial charge < -0.3 is 10.6 Å². The number of hydrogen-bond donors (Lipinski definition) is 2. The number of hydrogen-bond acceptors (Lipinski definition) is 2. The van der Waals surface area contributed by atoms with Crippen LogP contribution in [0.25, 0.3) is 0 Å². The van der Waals surface area contributed by atoms with E-state index in [-0.39, 0.29) is 17.7 Å². The third-order valence-electron chi connectivity index (χ3n) is 4.26. The largest absolute Gasteiger partial charge is 0.349 e. The van der Waals surface area contributed by atoms with Gasteiger partial charge in [0.25, 0.3) is 0 Å². The van der Waals surface area contributed by atoms with Crippen molar-refractivity contribution in [1.82, 2.24) is 10.6 Å². The molecule has 3 nitrogen and oxygen atoms in total. The zero-order valence-corrected chi connectivity index (χ0v) is 13.3. The third-order valence-corrected chi connectivity index (χ3v) is 4.26. The van der Waals surface area contributed by atoms with E-state index in [0.29, 0.717) is 11.6 Å². The Hall–Kier alpha value is -1.49. The van der Waals surface area contributed by atoms with E-state index in [1.54, 1.807) is 0 Å². The summed E-state index contributed by atoms with van der Waals surface area (Å²) in [6.07, 6.45) is 1.56. The first-order valence-electron chi connectivity index (χ1n) is 7.87. The summed E-state index contributed by atoms with van der Waals surface area (Å²) in [5.41, 5.74) is 0.340. The molecule has 1 heterocycles. The van der Waals surface area contributed by atoms with Gasteiger partial charge in [0, 0.05) is 23.6 Å². The molecule has 0 aromatic heterocycles. The minimum Gasteiger partial charge on any atom is -0.349 e. The quantitative estimate of drug-likeness (QED) is 0.897. The Morgan fingerprint density at radius 2 is 2.09 bits per heavy atom. The van der Waals surface area contributed by atoms with Gasteiger partial charge in [-0.15, -0.1) is 0 Å². The molecule has 1 fully saturated rings. The van der Waals surface area contributed by atoms with E-state index in [1.807, 2.05) is 13.8 Å². The highest BCUT2D eigenvalue weighted by Crippen LogP contribution is 2.26. The average molecular weight is 310 g/mol. The lowest BCUT2D eigenvalue weighted by atomic mass is 9.90. The van der Waals surface area contributed by atoms with Crippen molar-refractivity contribution in [3.05, 3.63) is 35.4 Å². The molecule has 1 aliphatic heterocycles. The van der Waals surface area contributed by atoms with Gasteiger partial charge in [-0.3, -0.25) is 4.79 Å². The number of amides is 1. The molecule has 0 radical (unpaired) electrons. The van der Waals surface area contributed by atoms with Crippen LogP contribution in [0.1, 0.15) is 45.2 Å². The van der Waals surface area contributed by atoms with E-state index >= 15 is 0 Å². The number of nitrogens with one attached hydrogen (secondary N) is 2. The molecule has 5 heteroatoms. The Bertz CT molecular complexity index is 533.